The Morgan fingerprint density at radius 2 is 2.18 bits per heavy atom. The first-order valence-electron chi connectivity index (χ1n) is 5.62. The standard InChI is InChI=1S/C11H17N5O/c1-11(2,3)12-6-5-9-15-16-10(17-9)8-4-7-13-14-8/h4,7,12H,5-6H2,1-3H3,(H,13,14). The molecule has 92 valence electrons. The number of nitrogens with one attached hydrogen (secondary N) is 2. The van der Waals surface area contributed by atoms with E-state index in [0.29, 0.717) is 11.8 Å². The van der Waals surface area contributed by atoms with Crippen molar-refractivity contribution < 1.29 is 4.42 Å². The van der Waals surface area contributed by atoms with Crippen molar-refractivity contribution in [2.75, 3.05) is 6.54 Å². The highest BCUT2D eigenvalue weighted by atomic mass is 16.4. The van der Waals surface area contributed by atoms with Crippen molar-refractivity contribution in [3.05, 3.63) is 18.2 Å². The van der Waals surface area contributed by atoms with Gasteiger partial charge < -0.3 is 9.73 Å². The summed E-state index contributed by atoms with van der Waals surface area (Å²) in [6, 6.07) is 1.80. The van der Waals surface area contributed by atoms with Crippen LogP contribution in [0.3, 0.4) is 0 Å². The van der Waals surface area contributed by atoms with Crippen molar-refractivity contribution in [1.82, 2.24) is 25.7 Å². The van der Waals surface area contributed by atoms with Crippen LogP contribution in [0.2, 0.25) is 0 Å². The molecule has 0 radical (unpaired) electrons. The number of hydrogen-bond donors (Lipinski definition) is 2. The van der Waals surface area contributed by atoms with Crippen LogP contribution in [0.4, 0.5) is 0 Å². The molecule has 0 aliphatic heterocycles. The molecule has 0 atom stereocenters. The van der Waals surface area contributed by atoms with Gasteiger partial charge >= 0.3 is 0 Å². The summed E-state index contributed by atoms with van der Waals surface area (Å²) in [6.45, 7) is 7.18. The molecule has 6 heteroatoms. The van der Waals surface area contributed by atoms with E-state index < -0.39 is 0 Å². The van der Waals surface area contributed by atoms with Crippen molar-refractivity contribution in [2.24, 2.45) is 0 Å². The SMILES string of the molecule is CC(C)(C)NCCc1nnc(-c2ccn[nH]2)o1. The Kier molecular flexibility index (Phi) is 3.23. The second-order valence-corrected chi connectivity index (χ2v) is 4.90. The van der Waals surface area contributed by atoms with Gasteiger partial charge in [0.15, 0.2) is 0 Å². The predicted molar refractivity (Wildman–Crippen MR) is 63.3 cm³/mol. The maximum absolute atomic E-state index is 5.51. The zero-order valence-electron chi connectivity index (χ0n) is 10.3. The summed E-state index contributed by atoms with van der Waals surface area (Å²) in [5.74, 6) is 1.11. The summed E-state index contributed by atoms with van der Waals surface area (Å²) < 4.78 is 5.51. The van der Waals surface area contributed by atoms with Gasteiger partial charge in [-0.05, 0) is 26.8 Å². The predicted octanol–water partition coefficient (Wildman–Crippen LogP) is 1.39. The Balaban J connectivity index is 1.91. The first-order chi connectivity index (χ1) is 8.04. The first-order valence-corrected chi connectivity index (χ1v) is 5.62. The molecule has 2 rings (SSSR count). The number of hydrogen-bond acceptors (Lipinski definition) is 5. The van der Waals surface area contributed by atoms with Crippen molar-refractivity contribution in [2.45, 2.75) is 32.7 Å². The molecule has 0 fully saturated rings. The first kappa shape index (κ1) is 11.8. The van der Waals surface area contributed by atoms with E-state index in [9.17, 15) is 0 Å². The van der Waals surface area contributed by atoms with E-state index in [1.54, 1.807) is 12.3 Å². The average molecular weight is 235 g/mol. The zero-order valence-corrected chi connectivity index (χ0v) is 10.3. The fourth-order valence-electron chi connectivity index (χ4n) is 1.38. The summed E-state index contributed by atoms with van der Waals surface area (Å²) in [4.78, 5) is 0. The molecule has 0 amide bonds. The Bertz CT molecular complexity index is 454. The molecule has 2 heterocycles. The third kappa shape index (κ3) is 3.39. The molecule has 17 heavy (non-hydrogen) atoms. The van der Waals surface area contributed by atoms with Crippen LogP contribution >= 0.6 is 0 Å². The van der Waals surface area contributed by atoms with E-state index >= 15 is 0 Å². The number of rotatable bonds is 4. The molecule has 2 aromatic heterocycles. The topological polar surface area (TPSA) is 79.6 Å². The molecule has 0 spiro atoms. The molecule has 2 N–H and O–H groups in total. The minimum Gasteiger partial charge on any atom is -0.419 e. The van der Waals surface area contributed by atoms with Gasteiger partial charge in [-0.1, -0.05) is 0 Å². The van der Waals surface area contributed by atoms with Gasteiger partial charge in [-0.25, -0.2) is 0 Å². The van der Waals surface area contributed by atoms with Crippen molar-refractivity contribution >= 4 is 0 Å². The van der Waals surface area contributed by atoms with Crippen LogP contribution in [0.5, 0.6) is 0 Å². The van der Waals surface area contributed by atoms with Crippen LogP contribution in [0, 0.1) is 0 Å². The molecule has 0 saturated carbocycles. The molecule has 0 saturated heterocycles. The van der Waals surface area contributed by atoms with E-state index in [4.69, 9.17) is 4.42 Å². The van der Waals surface area contributed by atoms with E-state index in [2.05, 4.69) is 46.5 Å². The van der Waals surface area contributed by atoms with Gasteiger partial charge in [0.1, 0.15) is 5.69 Å². The van der Waals surface area contributed by atoms with Crippen LogP contribution in [-0.2, 0) is 6.42 Å². The Morgan fingerprint density at radius 1 is 1.35 bits per heavy atom. The fourth-order valence-corrected chi connectivity index (χ4v) is 1.38. The van der Waals surface area contributed by atoms with Crippen LogP contribution in [0.25, 0.3) is 11.6 Å². The average Bonchev–Trinajstić information content (AvgIpc) is 2.83. The number of H-pyrrole nitrogens is 1. The fraction of sp³-hybridized carbons (Fsp3) is 0.545. The summed E-state index contributed by atoms with van der Waals surface area (Å²) >= 11 is 0. The Hall–Kier alpha value is -1.69. The minimum absolute atomic E-state index is 0.103. The highest BCUT2D eigenvalue weighted by Crippen LogP contribution is 2.13. The molecular formula is C11H17N5O. The minimum atomic E-state index is 0.103. The normalized spacial score (nSPS) is 11.9. The Labute approximate surface area is 99.8 Å². The molecule has 6 nitrogen and oxygen atoms in total. The van der Waals surface area contributed by atoms with Crippen LogP contribution in [-0.4, -0.2) is 32.5 Å². The largest absolute Gasteiger partial charge is 0.419 e. The zero-order chi connectivity index (χ0) is 12.3. The number of aromatic nitrogens is 4. The molecule has 0 aliphatic carbocycles. The molecule has 0 bridgehead atoms. The van der Waals surface area contributed by atoms with Gasteiger partial charge in [0.05, 0.1) is 0 Å². The summed E-state index contributed by atoms with van der Waals surface area (Å²) in [5, 5.41) is 17.9. The van der Waals surface area contributed by atoms with Gasteiger partial charge in [-0.15, -0.1) is 10.2 Å². The summed E-state index contributed by atoms with van der Waals surface area (Å²) in [5.41, 5.74) is 0.846. The van der Waals surface area contributed by atoms with Gasteiger partial charge in [0.2, 0.25) is 5.89 Å². The molecule has 0 aliphatic rings. The summed E-state index contributed by atoms with van der Waals surface area (Å²) in [7, 11) is 0. The van der Waals surface area contributed by atoms with E-state index in [0.717, 1.165) is 18.7 Å². The second-order valence-electron chi connectivity index (χ2n) is 4.90. The van der Waals surface area contributed by atoms with Gasteiger partial charge in [0, 0.05) is 24.7 Å². The maximum Gasteiger partial charge on any atom is 0.265 e. The smallest absolute Gasteiger partial charge is 0.265 e. The number of aromatic amines is 1. The molecule has 0 unspecified atom stereocenters. The van der Waals surface area contributed by atoms with E-state index in [-0.39, 0.29) is 5.54 Å². The van der Waals surface area contributed by atoms with Gasteiger partial charge in [-0.3, -0.25) is 5.10 Å². The Morgan fingerprint density at radius 3 is 2.82 bits per heavy atom. The van der Waals surface area contributed by atoms with E-state index in [1.807, 2.05) is 0 Å². The monoisotopic (exact) mass is 235 g/mol. The third-order valence-corrected chi connectivity index (χ3v) is 2.19. The van der Waals surface area contributed by atoms with Crippen LogP contribution in [0.1, 0.15) is 26.7 Å². The lowest BCUT2D eigenvalue weighted by molar-refractivity contribution is 0.411. The van der Waals surface area contributed by atoms with Crippen LogP contribution < -0.4 is 5.32 Å². The lowest BCUT2D eigenvalue weighted by atomic mass is 10.1. The van der Waals surface area contributed by atoms with Gasteiger partial charge in [-0.2, -0.15) is 5.10 Å². The number of nitrogens with zero attached hydrogens (tertiary/aromatic N) is 3. The lowest BCUT2D eigenvalue weighted by Crippen LogP contribution is -2.37. The second kappa shape index (κ2) is 4.67. The van der Waals surface area contributed by atoms with Gasteiger partial charge in [0.25, 0.3) is 5.89 Å². The highest BCUT2D eigenvalue weighted by molar-refractivity contribution is 5.44. The quantitative estimate of drug-likeness (QED) is 0.837. The van der Waals surface area contributed by atoms with E-state index in [1.165, 1.54) is 0 Å². The molecule has 2 aromatic rings. The van der Waals surface area contributed by atoms with Crippen molar-refractivity contribution in [3.63, 3.8) is 0 Å². The maximum atomic E-state index is 5.51. The van der Waals surface area contributed by atoms with Crippen molar-refractivity contribution in [3.8, 4) is 11.6 Å². The lowest BCUT2D eigenvalue weighted by Gasteiger charge is -2.19. The summed E-state index contributed by atoms with van der Waals surface area (Å²) in [6.07, 6.45) is 2.37. The molecular weight excluding hydrogens is 218 g/mol. The van der Waals surface area contributed by atoms with Crippen molar-refractivity contribution in [1.29, 1.82) is 0 Å². The third-order valence-electron chi connectivity index (χ3n) is 2.19. The van der Waals surface area contributed by atoms with Crippen LogP contribution in [0.15, 0.2) is 16.7 Å². The molecule has 0 aromatic carbocycles. The highest BCUT2D eigenvalue weighted by Gasteiger charge is 2.11.